The molecule has 8 heteroatoms. The third-order valence-electron chi connectivity index (χ3n) is 2.65. The molecule has 112 valence electrons. The summed E-state index contributed by atoms with van der Waals surface area (Å²) < 4.78 is 4.77. The third-order valence-corrected chi connectivity index (χ3v) is 3.20. The standard InChI is InChI=1S/C13H12Cl2N2O4/c14-7-1-4-9(10(15)5-7)12(19)21-6-11(18)17-13(20)16-8-2-3-8/h1,4-5,8H,2-3,6H2,(H2,16,17,18,20). The number of benzene rings is 1. The van der Waals surface area contributed by atoms with Gasteiger partial charge in [-0.05, 0) is 31.0 Å². The zero-order chi connectivity index (χ0) is 15.4. The normalized spacial score (nSPS) is 13.4. The molecule has 0 heterocycles. The Morgan fingerprint density at radius 2 is 1.95 bits per heavy atom. The van der Waals surface area contributed by atoms with Crippen molar-refractivity contribution in [3.63, 3.8) is 0 Å². The molecule has 0 aromatic heterocycles. The van der Waals surface area contributed by atoms with Crippen molar-refractivity contribution >= 4 is 41.1 Å². The first-order chi connectivity index (χ1) is 9.95. The summed E-state index contributed by atoms with van der Waals surface area (Å²) in [7, 11) is 0. The molecule has 1 aromatic rings. The van der Waals surface area contributed by atoms with E-state index in [-0.39, 0.29) is 16.6 Å². The molecule has 0 aliphatic heterocycles. The first-order valence-electron chi connectivity index (χ1n) is 6.18. The Morgan fingerprint density at radius 1 is 1.24 bits per heavy atom. The number of hydrogen-bond donors (Lipinski definition) is 2. The molecule has 0 radical (unpaired) electrons. The number of imide groups is 1. The zero-order valence-corrected chi connectivity index (χ0v) is 12.3. The molecule has 6 nitrogen and oxygen atoms in total. The second-order valence-corrected chi connectivity index (χ2v) is 5.34. The molecule has 3 amide bonds. The van der Waals surface area contributed by atoms with Crippen molar-refractivity contribution < 1.29 is 19.1 Å². The van der Waals surface area contributed by atoms with E-state index < -0.39 is 24.5 Å². The molecule has 2 rings (SSSR count). The lowest BCUT2D eigenvalue weighted by atomic mass is 10.2. The minimum atomic E-state index is -0.769. The van der Waals surface area contributed by atoms with E-state index in [1.54, 1.807) is 0 Å². The first-order valence-corrected chi connectivity index (χ1v) is 6.94. The van der Waals surface area contributed by atoms with Gasteiger partial charge in [0.1, 0.15) is 0 Å². The lowest BCUT2D eigenvalue weighted by molar-refractivity contribution is -0.123. The molecule has 0 spiro atoms. The van der Waals surface area contributed by atoms with Crippen LogP contribution in [0.3, 0.4) is 0 Å². The predicted octanol–water partition coefficient (Wildman–Crippen LogP) is 2.14. The molecule has 21 heavy (non-hydrogen) atoms. The molecular formula is C13H12Cl2N2O4. The number of nitrogens with one attached hydrogen (secondary N) is 2. The van der Waals surface area contributed by atoms with E-state index in [9.17, 15) is 14.4 Å². The number of halogens is 2. The lowest BCUT2D eigenvalue weighted by Gasteiger charge is -2.07. The van der Waals surface area contributed by atoms with Gasteiger partial charge in [-0.1, -0.05) is 23.2 Å². The van der Waals surface area contributed by atoms with Gasteiger partial charge in [0.25, 0.3) is 5.91 Å². The zero-order valence-electron chi connectivity index (χ0n) is 10.8. The predicted molar refractivity (Wildman–Crippen MR) is 76.4 cm³/mol. The van der Waals surface area contributed by atoms with Gasteiger partial charge in [-0.15, -0.1) is 0 Å². The monoisotopic (exact) mass is 330 g/mol. The summed E-state index contributed by atoms with van der Waals surface area (Å²) in [6.45, 7) is -0.574. The maximum Gasteiger partial charge on any atom is 0.340 e. The second kappa shape index (κ2) is 6.78. The van der Waals surface area contributed by atoms with E-state index in [1.165, 1.54) is 18.2 Å². The maximum atomic E-state index is 11.7. The lowest BCUT2D eigenvalue weighted by Crippen LogP contribution is -2.42. The molecule has 0 unspecified atom stereocenters. The van der Waals surface area contributed by atoms with Crippen LogP contribution in [0, 0.1) is 0 Å². The van der Waals surface area contributed by atoms with Crippen LogP contribution < -0.4 is 10.6 Å². The van der Waals surface area contributed by atoms with Crippen LogP contribution in [0.15, 0.2) is 18.2 Å². The summed E-state index contributed by atoms with van der Waals surface area (Å²) in [5, 5.41) is 5.14. The van der Waals surface area contributed by atoms with E-state index in [0.717, 1.165) is 12.8 Å². The Morgan fingerprint density at radius 3 is 2.57 bits per heavy atom. The third kappa shape index (κ3) is 4.91. The summed E-state index contributed by atoms with van der Waals surface area (Å²) in [4.78, 5) is 34.4. The highest BCUT2D eigenvalue weighted by atomic mass is 35.5. The van der Waals surface area contributed by atoms with Crippen molar-refractivity contribution in [3.05, 3.63) is 33.8 Å². The Kier molecular flexibility index (Phi) is 5.03. The fraction of sp³-hybridized carbons (Fsp3) is 0.308. The summed E-state index contributed by atoms with van der Waals surface area (Å²) >= 11 is 11.5. The molecule has 1 aromatic carbocycles. The number of esters is 1. The maximum absolute atomic E-state index is 11.7. The molecule has 1 aliphatic carbocycles. The Hall–Kier alpha value is -1.79. The molecule has 0 bridgehead atoms. The number of rotatable bonds is 4. The molecule has 2 N–H and O–H groups in total. The van der Waals surface area contributed by atoms with Crippen LogP contribution in [0.1, 0.15) is 23.2 Å². The smallest absolute Gasteiger partial charge is 0.340 e. The first kappa shape index (κ1) is 15.6. The molecule has 0 saturated heterocycles. The molecule has 1 saturated carbocycles. The Labute approximate surface area is 130 Å². The van der Waals surface area contributed by atoms with Crippen LogP contribution >= 0.6 is 23.2 Å². The van der Waals surface area contributed by atoms with E-state index >= 15 is 0 Å². The van der Waals surface area contributed by atoms with E-state index in [0.29, 0.717) is 5.02 Å². The van der Waals surface area contributed by atoms with Crippen molar-refractivity contribution in [1.82, 2.24) is 10.6 Å². The number of carbonyl (C=O) groups is 3. The van der Waals surface area contributed by atoms with Crippen LogP contribution in [-0.2, 0) is 9.53 Å². The number of amides is 3. The van der Waals surface area contributed by atoms with Crippen LogP contribution in [0.25, 0.3) is 0 Å². The number of ether oxygens (including phenoxy) is 1. The van der Waals surface area contributed by atoms with Crippen molar-refractivity contribution in [2.24, 2.45) is 0 Å². The minimum absolute atomic E-state index is 0.0938. The second-order valence-electron chi connectivity index (χ2n) is 4.50. The van der Waals surface area contributed by atoms with Crippen LogP contribution in [0.4, 0.5) is 4.79 Å². The topological polar surface area (TPSA) is 84.5 Å². The molecular weight excluding hydrogens is 319 g/mol. The number of carbonyl (C=O) groups excluding carboxylic acids is 3. The van der Waals surface area contributed by atoms with Gasteiger partial charge < -0.3 is 10.1 Å². The van der Waals surface area contributed by atoms with Gasteiger partial charge in [0, 0.05) is 11.1 Å². The molecule has 1 aliphatic rings. The summed E-state index contributed by atoms with van der Waals surface area (Å²) in [5.41, 5.74) is 0.0938. The number of urea groups is 1. The fourth-order valence-electron chi connectivity index (χ4n) is 1.48. The Balaban J connectivity index is 1.79. The van der Waals surface area contributed by atoms with Gasteiger partial charge in [-0.2, -0.15) is 0 Å². The van der Waals surface area contributed by atoms with E-state index in [1.807, 2.05) is 0 Å². The van der Waals surface area contributed by atoms with Crippen molar-refractivity contribution in [2.75, 3.05) is 6.61 Å². The highest BCUT2D eigenvalue weighted by Gasteiger charge is 2.24. The summed E-state index contributed by atoms with van der Waals surface area (Å²) in [6, 6.07) is 3.80. The van der Waals surface area contributed by atoms with Gasteiger partial charge in [-0.3, -0.25) is 10.1 Å². The van der Waals surface area contributed by atoms with Crippen molar-refractivity contribution in [3.8, 4) is 0 Å². The quantitative estimate of drug-likeness (QED) is 0.828. The highest BCUT2D eigenvalue weighted by molar-refractivity contribution is 6.36. The summed E-state index contributed by atoms with van der Waals surface area (Å²) in [6.07, 6.45) is 1.82. The van der Waals surface area contributed by atoms with E-state index in [4.69, 9.17) is 27.9 Å². The summed E-state index contributed by atoms with van der Waals surface area (Å²) in [5.74, 6) is -1.49. The van der Waals surface area contributed by atoms with Gasteiger partial charge in [0.2, 0.25) is 0 Å². The van der Waals surface area contributed by atoms with Gasteiger partial charge in [0.05, 0.1) is 10.6 Å². The fourth-order valence-corrected chi connectivity index (χ4v) is 1.96. The average molecular weight is 331 g/mol. The minimum Gasteiger partial charge on any atom is -0.452 e. The van der Waals surface area contributed by atoms with Crippen molar-refractivity contribution in [2.45, 2.75) is 18.9 Å². The number of hydrogen-bond acceptors (Lipinski definition) is 4. The molecule has 0 atom stereocenters. The average Bonchev–Trinajstić information content (AvgIpc) is 3.19. The van der Waals surface area contributed by atoms with Crippen LogP contribution in [0.2, 0.25) is 10.0 Å². The van der Waals surface area contributed by atoms with Crippen molar-refractivity contribution in [1.29, 1.82) is 0 Å². The largest absolute Gasteiger partial charge is 0.452 e. The highest BCUT2D eigenvalue weighted by Crippen LogP contribution is 2.21. The van der Waals surface area contributed by atoms with Gasteiger partial charge in [-0.25, -0.2) is 9.59 Å². The Bertz CT molecular complexity index is 588. The van der Waals surface area contributed by atoms with Crippen LogP contribution in [0.5, 0.6) is 0 Å². The van der Waals surface area contributed by atoms with E-state index in [2.05, 4.69) is 10.6 Å². The van der Waals surface area contributed by atoms with Gasteiger partial charge >= 0.3 is 12.0 Å². The SMILES string of the molecule is O=C(COC(=O)c1ccc(Cl)cc1Cl)NC(=O)NC1CC1. The van der Waals surface area contributed by atoms with Gasteiger partial charge in [0.15, 0.2) is 6.61 Å². The van der Waals surface area contributed by atoms with Crippen LogP contribution in [-0.4, -0.2) is 30.6 Å². The molecule has 1 fully saturated rings.